The predicted octanol–water partition coefficient (Wildman–Crippen LogP) is 4.42. The van der Waals surface area contributed by atoms with Crippen LogP contribution in [0.2, 0.25) is 0 Å². The van der Waals surface area contributed by atoms with Crippen molar-refractivity contribution in [1.29, 1.82) is 0 Å². The van der Waals surface area contributed by atoms with Crippen LogP contribution in [0.25, 0.3) is 22.0 Å². The van der Waals surface area contributed by atoms with Gasteiger partial charge in [-0.15, -0.1) is 0 Å². The Labute approximate surface area is 348 Å². The van der Waals surface area contributed by atoms with Crippen molar-refractivity contribution in [2.45, 2.75) is 90.8 Å². The second kappa shape index (κ2) is 21.0. The molecule has 0 bridgehead atoms. The molecule has 1 aliphatic heterocycles. The van der Waals surface area contributed by atoms with Crippen molar-refractivity contribution in [3.05, 3.63) is 102 Å². The van der Waals surface area contributed by atoms with Crippen molar-refractivity contribution in [2.24, 2.45) is 11.5 Å². The van der Waals surface area contributed by atoms with Gasteiger partial charge in [-0.05, 0) is 110 Å². The van der Waals surface area contributed by atoms with Gasteiger partial charge < -0.3 is 46.8 Å². The molecule has 3 aromatic carbocycles. The van der Waals surface area contributed by atoms with E-state index < -0.39 is 24.4 Å². The predicted molar refractivity (Wildman–Crippen MR) is 231 cm³/mol. The van der Waals surface area contributed by atoms with Gasteiger partial charge in [0, 0.05) is 36.4 Å². The normalized spacial score (nSPS) is 19.8. The van der Waals surface area contributed by atoms with Crippen LogP contribution < -0.4 is 32.2 Å². The number of aliphatic hydroxyl groups is 1. The Morgan fingerprint density at radius 3 is 2.52 bits per heavy atom. The Bertz CT molecular complexity index is 2130. The van der Waals surface area contributed by atoms with E-state index in [0.717, 1.165) is 60.6 Å². The Hall–Kier alpha value is -4.45. The Kier molecular flexibility index (Phi) is 15.6. The van der Waals surface area contributed by atoms with Crippen molar-refractivity contribution < 1.29 is 24.0 Å². The van der Waals surface area contributed by atoms with Crippen LogP contribution >= 0.6 is 23.8 Å². The second-order valence-corrected chi connectivity index (χ2v) is 16.1. The summed E-state index contributed by atoms with van der Waals surface area (Å²) in [4.78, 5) is 40.4. The van der Waals surface area contributed by atoms with Gasteiger partial charge in [-0.3, -0.25) is 14.5 Å². The van der Waals surface area contributed by atoms with Crippen LogP contribution in [-0.4, -0.2) is 87.9 Å². The van der Waals surface area contributed by atoms with E-state index in [1.54, 1.807) is 25.3 Å². The fourth-order valence-electron chi connectivity index (χ4n) is 7.44. The number of nitrogens with two attached hydrogens (primary N) is 2. The highest BCUT2D eigenvalue weighted by Gasteiger charge is 2.35. The number of aromatic nitrogens is 2. The number of H-pyrrole nitrogens is 1. The van der Waals surface area contributed by atoms with Gasteiger partial charge in [-0.25, -0.2) is 4.98 Å². The minimum absolute atomic E-state index is 0.134. The lowest BCUT2D eigenvalue weighted by Crippen LogP contribution is -2.59. The number of likely N-dealkylation sites (N-methyl/N-ethyl adjacent to an activating group) is 1. The number of fused-ring (bicyclic) bond motifs is 3. The summed E-state index contributed by atoms with van der Waals surface area (Å²) in [5.74, 6) is 0.0577. The number of nitrogens with one attached hydrogen (secondary N) is 4. The zero-order chi connectivity index (χ0) is 41.0. The molecule has 0 fully saturated rings. The highest BCUT2D eigenvalue weighted by Crippen LogP contribution is 2.43. The maximum atomic E-state index is 14.8. The molecule has 4 unspecified atom stereocenters. The molecule has 3 heterocycles. The summed E-state index contributed by atoms with van der Waals surface area (Å²) in [6.07, 6.45) is 5.65. The maximum Gasteiger partial charge on any atom is 0.238 e. The molecule has 0 aliphatic carbocycles. The van der Waals surface area contributed by atoms with Crippen molar-refractivity contribution in [1.82, 2.24) is 30.8 Å². The number of aliphatic hydroxyl groups excluding tert-OH is 1. The van der Waals surface area contributed by atoms with Crippen molar-refractivity contribution in [3.8, 4) is 16.9 Å². The molecule has 2 aromatic heterocycles. The number of unbranched alkanes of at least 4 members (excludes halogenated alkanes) is 1. The fourth-order valence-corrected chi connectivity index (χ4v) is 8.84. The molecule has 4 atom stereocenters. The zero-order valence-electron chi connectivity index (χ0n) is 33.0. The molecule has 6 rings (SSSR count). The largest absolute Gasteiger partial charge is 0.496 e. The molecule has 0 radical (unpaired) electrons. The second-order valence-electron chi connectivity index (χ2n) is 14.5. The third kappa shape index (κ3) is 10.4. The topological polar surface area (TPSA) is 207 Å². The van der Waals surface area contributed by atoms with Crippen LogP contribution in [0.4, 0.5) is 0 Å². The number of carbonyl (C=O) groups excluding carboxylic acids is 2. The SMILES string of the molecule is COc1ccc(-c2ccc(S[OH2+])cc2)c2c1Sc1ncccc1CNC(CCCN)C(=O)NC(CCCCN)C(O)N(C)C(Cc1c[nH]c3ccccc13)C(=O)NC2. The summed E-state index contributed by atoms with van der Waals surface area (Å²) in [7, 11) is 3.35. The molecule has 308 valence electrons. The number of pyridine rings is 1. The van der Waals surface area contributed by atoms with Crippen LogP contribution in [0, 0.1) is 0 Å². The van der Waals surface area contributed by atoms with E-state index in [-0.39, 0.29) is 24.8 Å². The van der Waals surface area contributed by atoms with E-state index in [9.17, 15) is 14.7 Å². The maximum absolute atomic E-state index is 14.8. The average molecular weight is 828 g/mol. The number of ether oxygens (including phenoxy) is 1. The van der Waals surface area contributed by atoms with Gasteiger partial charge in [0.1, 0.15) is 17.0 Å². The highest BCUT2D eigenvalue weighted by molar-refractivity contribution is 7.99. The summed E-state index contributed by atoms with van der Waals surface area (Å²) in [5, 5.41) is 23.8. The number of hydrogen-bond acceptors (Lipinski definition) is 11. The van der Waals surface area contributed by atoms with Gasteiger partial charge in [-0.1, -0.05) is 60.6 Å². The first-order chi connectivity index (χ1) is 28.3. The van der Waals surface area contributed by atoms with Crippen molar-refractivity contribution in [3.63, 3.8) is 0 Å². The number of nitrogens with zero attached hydrogens (tertiary/aromatic N) is 2. The Balaban J connectivity index is 1.48. The number of benzene rings is 3. The monoisotopic (exact) mass is 827 g/mol. The Morgan fingerprint density at radius 2 is 1.76 bits per heavy atom. The average Bonchev–Trinajstić information content (AvgIpc) is 3.66. The molecule has 11 N–H and O–H groups in total. The van der Waals surface area contributed by atoms with Gasteiger partial charge in [0.05, 0.1) is 35.0 Å². The van der Waals surface area contributed by atoms with Gasteiger partial charge in [0.15, 0.2) is 0 Å². The van der Waals surface area contributed by atoms with E-state index in [1.165, 1.54) is 11.8 Å². The summed E-state index contributed by atoms with van der Waals surface area (Å²) >= 11 is 2.37. The molecule has 1 aliphatic rings. The minimum Gasteiger partial charge on any atom is -0.496 e. The van der Waals surface area contributed by atoms with E-state index in [0.29, 0.717) is 62.5 Å². The molecular formula is C43H55N8O5S2+. The van der Waals surface area contributed by atoms with Gasteiger partial charge in [-0.2, -0.15) is 0 Å². The van der Waals surface area contributed by atoms with Crippen molar-refractivity contribution >= 4 is 46.5 Å². The van der Waals surface area contributed by atoms with Gasteiger partial charge in [0.2, 0.25) is 23.9 Å². The molecule has 5 aromatic rings. The van der Waals surface area contributed by atoms with Gasteiger partial charge >= 0.3 is 0 Å². The lowest BCUT2D eigenvalue weighted by Gasteiger charge is -2.36. The van der Waals surface area contributed by atoms with E-state index in [4.69, 9.17) is 25.7 Å². The molecule has 2 amide bonds. The van der Waals surface area contributed by atoms with Gasteiger partial charge in [0.25, 0.3) is 0 Å². The molecule has 13 nitrogen and oxygen atoms in total. The molecule has 58 heavy (non-hydrogen) atoms. The van der Waals surface area contributed by atoms with E-state index in [2.05, 4.69) is 20.9 Å². The third-order valence-electron chi connectivity index (χ3n) is 10.7. The van der Waals surface area contributed by atoms with Crippen molar-refractivity contribution in [2.75, 3.05) is 27.2 Å². The van der Waals surface area contributed by atoms with Crippen LogP contribution in [0.5, 0.6) is 5.75 Å². The van der Waals surface area contributed by atoms with Crippen LogP contribution in [0.3, 0.4) is 0 Å². The fraction of sp³-hybridized carbons (Fsp3) is 0.372. The lowest BCUT2D eigenvalue weighted by molar-refractivity contribution is -0.133. The van der Waals surface area contributed by atoms with E-state index >= 15 is 0 Å². The number of hydrogen-bond donors (Lipinski definition) is 7. The molecular weight excluding hydrogens is 773 g/mol. The summed E-state index contributed by atoms with van der Waals surface area (Å²) in [6, 6.07) is 21.3. The summed E-state index contributed by atoms with van der Waals surface area (Å²) in [5.41, 5.74) is 17.2. The first kappa shape index (κ1) is 43.1. The number of carbonyl (C=O) groups is 2. The number of methoxy groups -OCH3 is 1. The number of para-hydroxylation sites is 1. The van der Waals surface area contributed by atoms with Crippen LogP contribution in [0.1, 0.15) is 48.8 Å². The van der Waals surface area contributed by atoms with E-state index in [1.807, 2.05) is 79.0 Å². The summed E-state index contributed by atoms with van der Waals surface area (Å²) < 4.78 is 13.8. The number of amides is 2. The Morgan fingerprint density at radius 1 is 0.966 bits per heavy atom. The lowest BCUT2D eigenvalue weighted by atomic mass is 9.98. The minimum atomic E-state index is -1.22. The van der Waals surface area contributed by atoms with Crippen LogP contribution in [0.15, 0.2) is 100 Å². The summed E-state index contributed by atoms with van der Waals surface area (Å²) in [6.45, 7) is 1.37. The van der Waals surface area contributed by atoms with Crippen LogP contribution in [-0.2, 0) is 29.1 Å². The molecule has 0 saturated heterocycles. The molecule has 0 spiro atoms. The quantitative estimate of drug-likeness (QED) is 0.0533. The number of aromatic amines is 1. The highest BCUT2D eigenvalue weighted by atomic mass is 32.2. The standard InChI is InChI=1S/C43H54N8O5S2/c1-51-37(23-29-25-47-34-11-4-3-10-32(29)34)41(53)49-26-33-31(27-14-16-30(58-55)17-15-27)18-19-38(56-2)39(33)57-42-28(9-8-22-46-42)24-48-35(13-7-21-45)40(52)50-36(43(51)54)12-5-6-20-44/h3-4,8-11,14-19,22,25,35-37,43,47-48,54-55H,5-7,12-13,20-21,23-24,26,44-45H2,1-2H3,(H,49,53)(H,50,52)/p+1. The molecule has 0 saturated carbocycles. The third-order valence-corrected chi connectivity index (χ3v) is 12.4. The zero-order valence-corrected chi connectivity index (χ0v) is 34.6. The molecule has 15 heteroatoms. The first-order valence-corrected chi connectivity index (χ1v) is 21.3. The smallest absolute Gasteiger partial charge is 0.238 e. The first-order valence-electron chi connectivity index (χ1n) is 19.7. The number of rotatable bonds is 12.